The number of halogens is 1. The van der Waals surface area contributed by atoms with Gasteiger partial charge >= 0.3 is 0 Å². The Hall–Kier alpha value is -2.53. The maximum absolute atomic E-state index is 12.4. The molecule has 0 bridgehead atoms. The summed E-state index contributed by atoms with van der Waals surface area (Å²) in [7, 11) is 0. The molecule has 2 aromatic rings. The largest absolute Gasteiger partial charge is 0.280 e. The number of rotatable bonds is 3. The Morgan fingerprint density at radius 3 is 2.64 bits per heavy atom. The van der Waals surface area contributed by atoms with E-state index in [1.807, 2.05) is 30.3 Å². The molecule has 3 rings (SSSR count). The van der Waals surface area contributed by atoms with Crippen LogP contribution in [-0.2, 0) is 4.79 Å². The van der Waals surface area contributed by atoms with Gasteiger partial charge in [0.15, 0.2) is 6.04 Å². The summed E-state index contributed by atoms with van der Waals surface area (Å²) in [6.45, 7) is 1.77. The zero-order valence-corrected chi connectivity index (χ0v) is 12.6. The van der Waals surface area contributed by atoms with E-state index in [1.165, 1.54) is 5.01 Å². The average molecular weight is 313 g/mol. The third-order valence-corrected chi connectivity index (χ3v) is 3.43. The van der Waals surface area contributed by atoms with Crippen LogP contribution in [0.5, 0.6) is 0 Å². The van der Waals surface area contributed by atoms with E-state index in [0.29, 0.717) is 22.1 Å². The van der Waals surface area contributed by atoms with Crippen molar-refractivity contribution in [1.82, 2.24) is 0 Å². The van der Waals surface area contributed by atoms with Crippen molar-refractivity contribution in [3.05, 3.63) is 59.6 Å². The van der Waals surface area contributed by atoms with Gasteiger partial charge in [-0.2, -0.15) is 20.3 Å². The lowest BCUT2D eigenvalue weighted by Crippen LogP contribution is -2.29. The molecule has 0 aliphatic carbocycles. The molecule has 1 amide bonds. The van der Waals surface area contributed by atoms with E-state index in [-0.39, 0.29) is 5.91 Å². The van der Waals surface area contributed by atoms with Crippen molar-refractivity contribution >= 4 is 34.6 Å². The highest BCUT2D eigenvalue weighted by molar-refractivity contribution is 6.30. The normalized spacial score (nSPS) is 18.1. The van der Waals surface area contributed by atoms with E-state index in [4.69, 9.17) is 11.6 Å². The highest BCUT2D eigenvalue weighted by atomic mass is 35.5. The Bertz CT molecular complexity index is 758. The summed E-state index contributed by atoms with van der Waals surface area (Å²) >= 11 is 5.90. The molecule has 1 heterocycles. The monoisotopic (exact) mass is 312 g/mol. The summed E-state index contributed by atoms with van der Waals surface area (Å²) < 4.78 is 0. The number of amides is 1. The van der Waals surface area contributed by atoms with Gasteiger partial charge in [0.05, 0.1) is 17.1 Å². The van der Waals surface area contributed by atoms with E-state index in [9.17, 15) is 4.79 Å². The van der Waals surface area contributed by atoms with Crippen LogP contribution >= 0.6 is 11.6 Å². The van der Waals surface area contributed by atoms with Crippen molar-refractivity contribution in [1.29, 1.82) is 0 Å². The van der Waals surface area contributed by atoms with Crippen molar-refractivity contribution < 1.29 is 4.79 Å². The van der Waals surface area contributed by atoms with Gasteiger partial charge in [-0.25, -0.2) is 0 Å². The molecule has 5 nitrogen and oxygen atoms in total. The van der Waals surface area contributed by atoms with E-state index in [1.54, 1.807) is 31.2 Å². The van der Waals surface area contributed by atoms with Gasteiger partial charge in [-0.05, 0) is 37.3 Å². The van der Waals surface area contributed by atoms with Crippen molar-refractivity contribution in [3.8, 4) is 0 Å². The molecule has 1 aliphatic heterocycles. The molecule has 0 unspecified atom stereocenters. The van der Waals surface area contributed by atoms with Gasteiger partial charge in [0, 0.05) is 5.02 Å². The summed E-state index contributed by atoms with van der Waals surface area (Å²) in [5.41, 5.74) is 1.93. The van der Waals surface area contributed by atoms with E-state index < -0.39 is 6.04 Å². The molecule has 0 saturated heterocycles. The molecule has 0 saturated carbocycles. The fourth-order valence-corrected chi connectivity index (χ4v) is 2.29. The van der Waals surface area contributed by atoms with Crippen LogP contribution in [0.4, 0.5) is 11.4 Å². The first-order valence-corrected chi connectivity index (χ1v) is 7.13. The van der Waals surface area contributed by atoms with Crippen LogP contribution in [0.15, 0.2) is 69.9 Å². The van der Waals surface area contributed by atoms with Crippen LogP contribution in [0.25, 0.3) is 0 Å². The number of azo groups is 1. The summed E-state index contributed by atoms with van der Waals surface area (Å²) in [5.74, 6) is -0.213. The van der Waals surface area contributed by atoms with Crippen LogP contribution in [-0.4, -0.2) is 17.7 Å². The van der Waals surface area contributed by atoms with E-state index in [2.05, 4.69) is 15.3 Å². The second-order valence-corrected chi connectivity index (χ2v) is 5.26. The van der Waals surface area contributed by atoms with E-state index >= 15 is 0 Å². The number of hydrogen-bond donors (Lipinski definition) is 0. The van der Waals surface area contributed by atoms with Gasteiger partial charge in [-0.1, -0.05) is 35.9 Å². The highest BCUT2D eigenvalue weighted by Crippen LogP contribution is 2.24. The number of carbonyl (C=O) groups is 1. The summed E-state index contributed by atoms with van der Waals surface area (Å²) in [4.78, 5) is 12.4. The molecular formula is C16H13ClN4O. The SMILES string of the molecule is CC1=NN(c2ccccc2)C(=O)[C@H]1N=Nc1cccc(Cl)c1. The smallest absolute Gasteiger partial charge is 0.269 e. The lowest BCUT2D eigenvalue weighted by molar-refractivity contribution is -0.117. The van der Waals surface area contributed by atoms with Gasteiger partial charge in [0.2, 0.25) is 0 Å². The third kappa shape index (κ3) is 2.89. The molecule has 1 aliphatic rings. The average Bonchev–Trinajstić information content (AvgIpc) is 2.81. The standard InChI is InChI=1S/C16H13ClN4O/c1-11-15(19-18-13-7-5-6-12(17)10-13)16(22)21(20-11)14-8-3-2-4-9-14/h2-10,15H,1H3/t15-/m0/s1. The van der Waals surface area contributed by atoms with Crippen LogP contribution in [0, 0.1) is 0 Å². The van der Waals surface area contributed by atoms with E-state index in [0.717, 1.165) is 0 Å². The van der Waals surface area contributed by atoms with Gasteiger partial charge in [-0.3, -0.25) is 4.79 Å². The predicted molar refractivity (Wildman–Crippen MR) is 86.8 cm³/mol. The van der Waals surface area contributed by atoms with Gasteiger partial charge in [0.25, 0.3) is 5.91 Å². The zero-order valence-electron chi connectivity index (χ0n) is 11.8. The van der Waals surface area contributed by atoms with Gasteiger partial charge in [-0.15, -0.1) is 0 Å². The van der Waals surface area contributed by atoms with Crippen molar-refractivity contribution in [2.45, 2.75) is 13.0 Å². The first kappa shape index (κ1) is 14.4. The molecule has 110 valence electrons. The Kier molecular flexibility index (Phi) is 3.98. The first-order valence-electron chi connectivity index (χ1n) is 6.76. The van der Waals surface area contributed by atoms with Crippen LogP contribution in [0.1, 0.15) is 6.92 Å². The quantitative estimate of drug-likeness (QED) is 0.783. The predicted octanol–water partition coefficient (Wildman–Crippen LogP) is 4.22. The lowest BCUT2D eigenvalue weighted by atomic mass is 10.2. The van der Waals surface area contributed by atoms with Gasteiger partial charge in [0.1, 0.15) is 0 Å². The Morgan fingerprint density at radius 2 is 1.91 bits per heavy atom. The fourth-order valence-electron chi connectivity index (χ4n) is 2.11. The van der Waals surface area contributed by atoms with Crippen molar-refractivity contribution in [2.75, 3.05) is 5.01 Å². The topological polar surface area (TPSA) is 57.4 Å². The third-order valence-electron chi connectivity index (χ3n) is 3.19. The fraction of sp³-hybridized carbons (Fsp3) is 0.125. The van der Waals surface area contributed by atoms with Gasteiger partial charge < -0.3 is 0 Å². The summed E-state index contributed by atoms with van der Waals surface area (Å²) in [6, 6.07) is 15.5. The number of hydrogen-bond acceptors (Lipinski definition) is 4. The maximum atomic E-state index is 12.4. The minimum absolute atomic E-state index is 0.213. The number of hydrazone groups is 1. The molecule has 1 atom stereocenters. The van der Waals surface area contributed by atoms with Crippen LogP contribution in [0.3, 0.4) is 0 Å². The second-order valence-electron chi connectivity index (χ2n) is 4.82. The molecule has 0 N–H and O–H groups in total. The van der Waals surface area contributed by atoms with Crippen LogP contribution in [0.2, 0.25) is 5.02 Å². The van der Waals surface area contributed by atoms with Crippen LogP contribution < -0.4 is 5.01 Å². The lowest BCUT2D eigenvalue weighted by Gasteiger charge is -2.11. The number of nitrogens with zero attached hydrogens (tertiary/aromatic N) is 4. The molecule has 0 fully saturated rings. The zero-order chi connectivity index (χ0) is 15.5. The Morgan fingerprint density at radius 1 is 1.14 bits per heavy atom. The Labute approximate surface area is 132 Å². The molecule has 22 heavy (non-hydrogen) atoms. The minimum Gasteiger partial charge on any atom is -0.269 e. The number of para-hydroxylation sites is 1. The second kappa shape index (κ2) is 6.07. The van der Waals surface area contributed by atoms with Crippen molar-refractivity contribution in [2.24, 2.45) is 15.3 Å². The Balaban J connectivity index is 1.82. The summed E-state index contributed by atoms with van der Waals surface area (Å²) in [6.07, 6.45) is 0. The number of anilines is 1. The minimum atomic E-state index is -0.695. The molecule has 0 aromatic heterocycles. The molecule has 0 spiro atoms. The highest BCUT2D eigenvalue weighted by Gasteiger charge is 2.34. The molecule has 6 heteroatoms. The molecule has 0 radical (unpaired) electrons. The first-order chi connectivity index (χ1) is 10.6. The number of benzene rings is 2. The summed E-state index contributed by atoms with van der Waals surface area (Å²) in [5, 5.41) is 14.4. The molecular weight excluding hydrogens is 300 g/mol. The molecule has 2 aromatic carbocycles. The number of carbonyl (C=O) groups excluding carboxylic acids is 1. The van der Waals surface area contributed by atoms with Crippen molar-refractivity contribution in [3.63, 3.8) is 0 Å². The maximum Gasteiger partial charge on any atom is 0.280 e.